The van der Waals surface area contributed by atoms with Crippen LogP contribution in [-0.4, -0.2) is 14.3 Å². The molecule has 0 aliphatic heterocycles. The van der Waals surface area contributed by atoms with Gasteiger partial charge in [-0.1, -0.05) is 35.9 Å². The summed E-state index contributed by atoms with van der Waals surface area (Å²) < 4.78 is 17.6. The Bertz CT molecular complexity index is 1190. The molecule has 2 heterocycles. The van der Waals surface area contributed by atoms with Gasteiger partial charge in [0.25, 0.3) is 5.56 Å². The third-order valence-electron chi connectivity index (χ3n) is 4.67. The molecule has 0 fully saturated rings. The van der Waals surface area contributed by atoms with Crippen molar-refractivity contribution in [3.05, 3.63) is 92.6 Å². The first kappa shape index (κ1) is 17.5. The van der Waals surface area contributed by atoms with Crippen LogP contribution in [0.2, 0.25) is 5.02 Å². The molecule has 0 aliphatic carbocycles. The molecular weight excluding hydrogens is 365 g/mol. The molecule has 0 bridgehead atoms. The molecule has 2 aromatic heterocycles. The fourth-order valence-corrected chi connectivity index (χ4v) is 3.63. The summed E-state index contributed by atoms with van der Waals surface area (Å²) in [6, 6.07) is 15.6. The molecule has 0 amide bonds. The van der Waals surface area contributed by atoms with Crippen LogP contribution in [0.3, 0.4) is 0 Å². The van der Waals surface area contributed by atoms with Crippen molar-refractivity contribution in [3.63, 3.8) is 0 Å². The molecule has 0 unspecified atom stereocenters. The summed E-state index contributed by atoms with van der Waals surface area (Å²) in [5, 5.41) is 5.81. The van der Waals surface area contributed by atoms with Crippen LogP contribution in [0.25, 0.3) is 16.7 Å². The molecule has 0 saturated heterocycles. The predicted octanol–water partition coefficient (Wildman–Crippen LogP) is 4.64. The number of fused-ring (bicyclic) bond motifs is 1. The minimum absolute atomic E-state index is 0.0269. The average molecular weight is 382 g/mol. The molecule has 4 aromatic rings. The molecule has 2 aromatic carbocycles. The number of para-hydroxylation sites is 1. The SMILES string of the molecule is Cc1cc(=O)n(Cc2c(F)cccc2Cl)c2c1c(C)nn2-c1ccccc1. The highest BCUT2D eigenvalue weighted by Crippen LogP contribution is 2.26. The fraction of sp³-hybridized carbons (Fsp3) is 0.143. The molecular formula is C21H17ClFN3O. The van der Waals surface area contributed by atoms with Crippen molar-refractivity contribution >= 4 is 22.6 Å². The van der Waals surface area contributed by atoms with Gasteiger partial charge < -0.3 is 0 Å². The second-order valence-corrected chi connectivity index (χ2v) is 6.89. The van der Waals surface area contributed by atoms with Crippen molar-refractivity contribution in [1.29, 1.82) is 0 Å². The average Bonchev–Trinajstić information content (AvgIpc) is 2.99. The molecule has 0 radical (unpaired) electrons. The van der Waals surface area contributed by atoms with Gasteiger partial charge in [-0.05, 0) is 43.7 Å². The highest BCUT2D eigenvalue weighted by atomic mass is 35.5. The Hall–Kier alpha value is -2.92. The molecule has 27 heavy (non-hydrogen) atoms. The van der Waals surface area contributed by atoms with Gasteiger partial charge in [0.15, 0.2) is 0 Å². The molecule has 136 valence electrons. The van der Waals surface area contributed by atoms with Crippen LogP contribution in [0.15, 0.2) is 59.4 Å². The van der Waals surface area contributed by atoms with Gasteiger partial charge in [-0.25, -0.2) is 9.07 Å². The van der Waals surface area contributed by atoms with Crippen LogP contribution in [0.4, 0.5) is 4.39 Å². The molecule has 6 heteroatoms. The number of halogens is 2. The summed E-state index contributed by atoms with van der Waals surface area (Å²) in [4.78, 5) is 12.8. The zero-order valence-corrected chi connectivity index (χ0v) is 15.7. The van der Waals surface area contributed by atoms with E-state index >= 15 is 0 Å². The number of aryl methyl sites for hydroxylation is 2. The number of aromatic nitrogens is 3. The first-order chi connectivity index (χ1) is 13.0. The number of nitrogens with zero attached hydrogens (tertiary/aromatic N) is 3. The smallest absolute Gasteiger partial charge is 0.252 e. The maximum Gasteiger partial charge on any atom is 0.252 e. The molecule has 0 N–H and O–H groups in total. The van der Waals surface area contributed by atoms with Crippen LogP contribution in [-0.2, 0) is 6.54 Å². The Morgan fingerprint density at radius 3 is 2.52 bits per heavy atom. The summed E-state index contributed by atoms with van der Waals surface area (Å²) in [7, 11) is 0. The maximum atomic E-state index is 14.4. The van der Waals surface area contributed by atoms with Crippen molar-refractivity contribution in [2.45, 2.75) is 20.4 Å². The van der Waals surface area contributed by atoms with E-state index in [4.69, 9.17) is 11.6 Å². The van der Waals surface area contributed by atoms with Crippen molar-refractivity contribution in [1.82, 2.24) is 14.3 Å². The van der Waals surface area contributed by atoms with Gasteiger partial charge >= 0.3 is 0 Å². The second kappa shape index (κ2) is 6.67. The lowest BCUT2D eigenvalue weighted by Gasteiger charge is -2.13. The Labute approximate surface area is 160 Å². The van der Waals surface area contributed by atoms with E-state index in [1.807, 2.05) is 44.2 Å². The lowest BCUT2D eigenvalue weighted by Crippen LogP contribution is -2.23. The third kappa shape index (κ3) is 2.94. The van der Waals surface area contributed by atoms with Crippen LogP contribution < -0.4 is 5.56 Å². The zero-order chi connectivity index (χ0) is 19.1. The summed E-state index contributed by atoms with van der Waals surface area (Å²) in [6.07, 6.45) is 0. The molecule has 4 rings (SSSR count). The number of hydrogen-bond acceptors (Lipinski definition) is 2. The number of rotatable bonds is 3. The Morgan fingerprint density at radius 1 is 1.07 bits per heavy atom. The lowest BCUT2D eigenvalue weighted by atomic mass is 10.1. The van der Waals surface area contributed by atoms with E-state index in [2.05, 4.69) is 5.10 Å². The minimum atomic E-state index is -0.439. The van der Waals surface area contributed by atoms with Gasteiger partial charge in [-0.15, -0.1) is 0 Å². The van der Waals surface area contributed by atoms with Crippen molar-refractivity contribution in [3.8, 4) is 5.69 Å². The standard InChI is InChI=1S/C21H17ClFN3O/c1-13-11-19(27)25(12-16-17(22)9-6-10-18(16)23)21-20(13)14(2)24-26(21)15-7-4-3-5-8-15/h3-11H,12H2,1-2H3. The first-order valence-corrected chi connectivity index (χ1v) is 8.93. The summed E-state index contributed by atoms with van der Waals surface area (Å²) >= 11 is 6.20. The zero-order valence-electron chi connectivity index (χ0n) is 14.9. The van der Waals surface area contributed by atoms with E-state index in [0.717, 1.165) is 22.3 Å². The molecule has 0 saturated carbocycles. The summed E-state index contributed by atoms with van der Waals surface area (Å²) in [6.45, 7) is 3.81. The van der Waals surface area contributed by atoms with Gasteiger partial charge in [-0.2, -0.15) is 5.10 Å². The molecule has 0 atom stereocenters. The van der Waals surface area contributed by atoms with E-state index in [0.29, 0.717) is 5.65 Å². The topological polar surface area (TPSA) is 39.8 Å². The van der Waals surface area contributed by atoms with Crippen molar-refractivity contribution in [2.24, 2.45) is 0 Å². The summed E-state index contributed by atoms with van der Waals surface area (Å²) in [5.41, 5.74) is 3.16. The molecule has 0 spiro atoms. The number of benzene rings is 2. The second-order valence-electron chi connectivity index (χ2n) is 6.48. The van der Waals surface area contributed by atoms with E-state index in [1.165, 1.54) is 10.6 Å². The van der Waals surface area contributed by atoms with E-state index < -0.39 is 5.82 Å². The Balaban J connectivity index is 2.05. The highest BCUT2D eigenvalue weighted by molar-refractivity contribution is 6.31. The van der Waals surface area contributed by atoms with Gasteiger partial charge in [0, 0.05) is 22.0 Å². The van der Waals surface area contributed by atoms with Crippen molar-refractivity contribution in [2.75, 3.05) is 0 Å². The Morgan fingerprint density at radius 2 is 1.81 bits per heavy atom. The monoisotopic (exact) mass is 381 g/mol. The predicted molar refractivity (Wildman–Crippen MR) is 105 cm³/mol. The Kier molecular flexibility index (Phi) is 4.32. The maximum absolute atomic E-state index is 14.4. The summed E-state index contributed by atoms with van der Waals surface area (Å²) in [5.74, 6) is -0.439. The van der Waals surface area contributed by atoms with Crippen LogP contribution in [0.5, 0.6) is 0 Å². The largest absolute Gasteiger partial charge is 0.288 e. The highest BCUT2D eigenvalue weighted by Gasteiger charge is 2.18. The van der Waals surface area contributed by atoms with Gasteiger partial charge in [0.1, 0.15) is 11.5 Å². The molecule has 4 nitrogen and oxygen atoms in total. The normalized spacial score (nSPS) is 11.3. The molecule has 0 aliphatic rings. The van der Waals surface area contributed by atoms with E-state index in [9.17, 15) is 9.18 Å². The first-order valence-electron chi connectivity index (χ1n) is 8.55. The fourth-order valence-electron chi connectivity index (χ4n) is 3.41. The van der Waals surface area contributed by atoms with E-state index in [1.54, 1.807) is 22.9 Å². The van der Waals surface area contributed by atoms with Crippen LogP contribution in [0, 0.1) is 19.7 Å². The minimum Gasteiger partial charge on any atom is -0.288 e. The lowest BCUT2D eigenvalue weighted by molar-refractivity contribution is 0.598. The van der Waals surface area contributed by atoms with Gasteiger partial charge in [0.2, 0.25) is 0 Å². The number of hydrogen-bond donors (Lipinski definition) is 0. The number of pyridine rings is 1. The van der Waals surface area contributed by atoms with E-state index in [-0.39, 0.29) is 22.7 Å². The van der Waals surface area contributed by atoms with Gasteiger partial charge in [0.05, 0.1) is 17.9 Å². The van der Waals surface area contributed by atoms with Gasteiger partial charge in [-0.3, -0.25) is 9.36 Å². The van der Waals surface area contributed by atoms with Crippen LogP contribution >= 0.6 is 11.6 Å². The van der Waals surface area contributed by atoms with Crippen molar-refractivity contribution < 1.29 is 4.39 Å². The third-order valence-corrected chi connectivity index (χ3v) is 5.02. The van der Waals surface area contributed by atoms with Crippen LogP contribution in [0.1, 0.15) is 16.8 Å². The quantitative estimate of drug-likeness (QED) is 0.518.